The third kappa shape index (κ3) is 5.39. The number of hydrogen-bond acceptors (Lipinski definition) is 5. The third-order valence-electron chi connectivity index (χ3n) is 9.83. The molecule has 10 nitrogen and oxygen atoms in total. The van der Waals surface area contributed by atoms with E-state index < -0.39 is 40.6 Å². The molecule has 2 aromatic rings. The van der Waals surface area contributed by atoms with Gasteiger partial charge in [0.1, 0.15) is 6.04 Å². The molecule has 2 heterocycles. The second kappa shape index (κ2) is 11.0. The van der Waals surface area contributed by atoms with Crippen LogP contribution in [0.3, 0.4) is 0 Å². The number of rotatable bonds is 6. The van der Waals surface area contributed by atoms with E-state index in [9.17, 15) is 24.3 Å². The van der Waals surface area contributed by atoms with Gasteiger partial charge in [-0.1, -0.05) is 41.9 Å². The van der Waals surface area contributed by atoms with Gasteiger partial charge < -0.3 is 25.4 Å². The molecule has 43 heavy (non-hydrogen) atoms. The van der Waals surface area contributed by atoms with Gasteiger partial charge in [-0.2, -0.15) is 0 Å². The van der Waals surface area contributed by atoms with Gasteiger partial charge in [-0.15, -0.1) is 0 Å². The Morgan fingerprint density at radius 1 is 1.05 bits per heavy atom. The van der Waals surface area contributed by atoms with Crippen LogP contribution in [0.4, 0.5) is 19.7 Å². The first-order valence-electron chi connectivity index (χ1n) is 14.7. The molecule has 12 heteroatoms. The number of anilines is 1. The summed E-state index contributed by atoms with van der Waals surface area (Å²) in [6, 6.07) is 11.4. The molecule has 0 unspecified atom stereocenters. The van der Waals surface area contributed by atoms with E-state index in [0.717, 1.165) is 5.56 Å². The highest BCUT2D eigenvalue weighted by Gasteiger charge is 2.54. The Morgan fingerprint density at radius 3 is 2.42 bits per heavy atom. The zero-order valence-corrected chi connectivity index (χ0v) is 24.3. The van der Waals surface area contributed by atoms with Gasteiger partial charge in [-0.25, -0.2) is 14.0 Å². The van der Waals surface area contributed by atoms with E-state index in [2.05, 4.69) is 16.0 Å². The van der Waals surface area contributed by atoms with Crippen molar-refractivity contribution in [1.29, 1.82) is 0 Å². The fourth-order valence-corrected chi connectivity index (χ4v) is 7.64. The lowest BCUT2D eigenvalue weighted by Crippen LogP contribution is -2.62. The van der Waals surface area contributed by atoms with Crippen molar-refractivity contribution in [2.75, 3.05) is 18.4 Å². The number of halogens is 2. The minimum absolute atomic E-state index is 0.0841. The lowest BCUT2D eigenvalue weighted by Gasteiger charge is -2.52. The molecule has 4 N–H and O–H groups in total. The smallest absolute Gasteiger partial charge is 0.412 e. The number of nitrogens with zero attached hydrogens (tertiary/aromatic N) is 1. The number of benzene rings is 2. The number of hydrogen-bond donors (Lipinski definition) is 4. The SMILES string of the molecule is O=C(O)NC12CCC(C(=O)N[C@@H](Cc3ccccc3)C(=O)N3CCC[C@@]4(C3)OC(=O)Nc3ccc(Cl)c(F)c34)(CC1)CC2. The second-order valence-corrected chi connectivity index (χ2v) is 12.8. The monoisotopic (exact) mass is 612 g/mol. The predicted octanol–water partition coefficient (Wildman–Crippen LogP) is 4.95. The van der Waals surface area contributed by atoms with Crippen molar-refractivity contribution in [3.8, 4) is 0 Å². The summed E-state index contributed by atoms with van der Waals surface area (Å²) in [6.07, 6.45) is 2.46. The largest absolute Gasteiger partial charge is 0.465 e. The van der Waals surface area contributed by atoms with E-state index in [0.29, 0.717) is 57.9 Å². The standard InChI is InChI=1S/C31H34ClFN4O6/c32-20-7-8-21-23(24(20)33)31(43-28(42)35-21)9-4-16-37(18-31)25(38)22(17-19-5-2-1-3-6-19)34-26(39)29-10-13-30(14-11-29,15-12-29)36-27(40)41/h1-3,5-8,22,36H,4,9-18H2,(H,34,39)(H,35,42)(H,40,41)/t22-,29?,30?,31-/m0/s1. The number of likely N-dealkylation sites (tertiary alicyclic amines) is 1. The summed E-state index contributed by atoms with van der Waals surface area (Å²) in [7, 11) is 0. The van der Waals surface area contributed by atoms with E-state index in [1.54, 1.807) is 4.90 Å². The number of nitrogens with one attached hydrogen (secondary N) is 3. The molecular formula is C31H34ClFN4O6. The van der Waals surface area contributed by atoms with Crippen molar-refractivity contribution in [2.45, 2.75) is 75.0 Å². The van der Waals surface area contributed by atoms with Crippen LogP contribution in [0.2, 0.25) is 5.02 Å². The topological polar surface area (TPSA) is 137 Å². The van der Waals surface area contributed by atoms with Crippen LogP contribution in [0.25, 0.3) is 0 Å². The Labute approximate surface area is 253 Å². The second-order valence-electron chi connectivity index (χ2n) is 12.4. The van der Waals surface area contributed by atoms with Crippen molar-refractivity contribution < 1.29 is 33.4 Å². The molecule has 0 aromatic heterocycles. The van der Waals surface area contributed by atoms with E-state index in [4.69, 9.17) is 16.3 Å². The first-order chi connectivity index (χ1) is 20.5. The molecule has 1 saturated heterocycles. The molecule has 1 spiro atoms. The summed E-state index contributed by atoms with van der Waals surface area (Å²) in [6.45, 7) is 0.262. The summed E-state index contributed by atoms with van der Waals surface area (Å²) in [5.41, 5.74) is -1.38. The summed E-state index contributed by atoms with van der Waals surface area (Å²) < 4.78 is 21.1. The summed E-state index contributed by atoms with van der Waals surface area (Å²) >= 11 is 6.11. The van der Waals surface area contributed by atoms with Crippen LogP contribution in [0.5, 0.6) is 0 Å². The summed E-state index contributed by atoms with van der Waals surface area (Å²) in [5, 5.41) is 17.4. The Hall–Kier alpha value is -3.86. The van der Waals surface area contributed by atoms with Crippen LogP contribution in [-0.4, -0.2) is 58.7 Å². The van der Waals surface area contributed by atoms with Gasteiger partial charge in [0.2, 0.25) is 11.8 Å². The van der Waals surface area contributed by atoms with Crippen LogP contribution in [0.1, 0.15) is 62.5 Å². The molecule has 3 aliphatic carbocycles. The maximum Gasteiger partial charge on any atom is 0.412 e. The molecule has 4 fully saturated rings. The Balaban J connectivity index is 1.25. The number of carbonyl (C=O) groups excluding carboxylic acids is 3. The lowest BCUT2D eigenvalue weighted by molar-refractivity contribution is -0.147. The molecule has 3 saturated carbocycles. The molecule has 2 bridgehead atoms. The molecule has 0 radical (unpaired) electrons. The number of amides is 4. The molecule has 4 amide bonds. The quantitative estimate of drug-likeness (QED) is 0.364. The molecule has 228 valence electrons. The van der Waals surface area contributed by atoms with Crippen molar-refractivity contribution in [1.82, 2.24) is 15.5 Å². The summed E-state index contributed by atoms with van der Waals surface area (Å²) in [5.74, 6) is -1.27. The number of carbonyl (C=O) groups is 4. The maximum absolute atomic E-state index is 15.4. The van der Waals surface area contributed by atoms with Crippen molar-refractivity contribution in [3.05, 3.63) is 64.4 Å². The first-order valence-corrected chi connectivity index (χ1v) is 15.0. The van der Waals surface area contributed by atoms with Crippen molar-refractivity contribution >= 4 is 41.3 Å². The third-order valence-corrected chi connectivity index (χ3v) is 10.1. The molecule has 2 aromatic carbocycles. The van der Waals surface area contributed by atoms with E-state index in [1.807, 2.05) is 30.3 Å². The molecule has 5 aliphatic rings. The molecule has 2 atom stereocenters. The zero-order valence-electron chi connectivity index (χ0n) is 23.6. The first kappa shape index (κ1) is 29.2. The number of piperidine rings is 1. The predicted molar refractivity (Wildman–Crippen MR) is 155 cm³/mol. The van der Waals surface area contributed by atoms with Gasteiger partial charge in [0.05, 0.1) is 22.8 Å². The van der Waals surface area contributed by atoms with Crippen LogP contribution in [-0.2, 0) is 26.3 Å². The average molecular weight is 613 g/mol. The zero-order chi connectivity index (χ0) is 30.4. The van der Waals surface area contributed by atoms with Crippen molar-refractivity contribution in [2.24, 2.45) is 5.41 Å². The normalized spacial score (nSPS) is 28.3. The fourth-order valence-electron chi connectivity index (χ4n) is 7.48. The van der Waals surface area contributed by atoms with Gasteiger partial charge in [0.15, 0.2) is 11.4 Å². The van der Waals surface area contributed by atoms with E-state index in [-0.39, 0.29) is 41.1 Å². The molecule has 7 rings (SSSR count). The minimum atomic E-state index is -1.42. The van der Waals surface area contributed by atoms with Gasteiger partial charge >= 0.3 is 12.2 Å². The highest BCUT2D eigenvalue weighted by molar-refractivity contribution is 6.31. The number of ether oxygens (including phenoxy) is 1. The minimum Gasteiger partial charge on any atom is -0.465 e. The van der Waals surface area contributed by atoms with Crippen LogP contribution in [0.15, 0.2) is 42.5 Å². The van der Waals surface area contributed by atoms with Crippen LogP contribution >= 0.6 is 11.6 Å². The Kier molecular flexibility index (Phi) is 7.48. The highest BCUT2D eigenvalue weighted by atomic mass is 35.5. The number of fused-ring (bicyclic) bond motifs is 5. The maximum atomic E-state index is 15.4. The lowest BCUT2D eigenvalue weighted by atomic mass is 9.57. The molecule has 2 aliphatic heterocycles. The van der Waals surface area contributed by atoms with Crippen LogP contribution < -0.4 is 16.0 Å². The Morgan fingerprint density at radius 2 is 1.74 bits per heavy atom. The van der Waals surface area contributed by atoms with Crippen molar-refractivity contribution in [3.63, 3.8) is 0 Å². The van der Waals surface area contributed by atoms with Gasteiger partial charge in [0, 0.05) is 23.9 Å². The summed E-state index contributed by atoms with van der Waals surface area (Å²) in [4.78, 5) is 53.6. The van der Waals surface area contributed by atoms with E-state index >= 15 is 4.39 Å². The van der Waals surface area contributed by atoms with Gasteiger partial charge in [-0.3, -0.25) is 14.9 Å². The van der Waals surface area contributed by atoms with Gasteiger partial charge in [0.25, 0.3) is 0 Å². The number of carboxylic acid groups (broad SMARTS) is 1. The van der Waals surface area contributed by atoms with Gasteiger partial charge in [-0.05, 0) is 69.1 Å². The van der Waals surface area contributed by atoms with Crippen LogP contribution in [0, 0.1) is 11.2 Å². The Bertz CT molecular complexity index is 1450. The molecular weight excluding hydrogens is 579 g/mol. The fraction of sp³-hybridized carbons (Fsp3) is 0.484. The highest BCUT2D eigenvalue weighted by Crippen LogP contribution is 2.52. The van der Waals surface area contributed by atoms with E-state index in [1.165, 1.54) is 12.1 Å². The average Bonchev–Trinajstić information content (AvgIpc) is 2.99.